The van der Waals surface area contributed by atoms with Crippen molar-refractivity contribution in [1.29, 1.82) is 0 Å². The number of benzene rings is 2. The number of furan rings is 1. The Morgan fingerprint density at radius 3 is 2.62 bits per heavy atom. The maximum atomic E-state index is 13.6. The predicted octanol–water partition coefficient (Wildman–Crippen LogP) is 5.21. The van der Waals surface area contributed by atoms with Crippen LogP contribution in [0, 0.1) is 9.77 Å². The molecule has 0 atom stereocenters. The summed E-state index contributed by atoms with van der Waals surface area (Å²) >= 11 is 7.83. The molecule has 0 spiro atoms. The van der Waals surface area contributed by atoms with E-state index in [0.29, 0.717) is 50.4 Å². The molecule has 0 unspecified atom stereocenters. The Hall–Kier alpha value is -3.54. The van der Waals surface area contributed by atoms with Crippen molar-refractivity contribution in [2.75, 3.05) is 12.3 Å². The van der Waals surface area contributed by atoms with Gasteiger partial charge in [0.2, 0.25) is 5.91 Å². The second-order valence-electron chi connectivity index (χ2n) is 8.07. The first kappa shape index (κ1) is 25.1. The van der Waals surface area contributed by atoms with Crippen molar-refractivity contribution >= 4 is 51.6 Å². The fraction of sp³-hybridized carbons (Fsp3) is 0.154. The number of carbonyl (C=O) groups excluding carboxylic acids is 1. The first-order valence-electron chi connectivity index (χ1n) is 11.4. The van der Waals surface area contributed by atoms with Gasteiger partial charge in [-0.1, -0.05) is 53.4 Å². The Morgan fingerprint density at radius 1 is 1.11 bits per heavy atom. The lowest BCUT2D eigenvalue weighted by Crippen LogP contribution is -2.28. The van der Waals surface area contributed by atoms with Crippen molar-refractivity contribution in [3.05, 3.63) is 104 Å². The number of halogens is 1. The number of nitrogens with zero attached hydrogens (tertiary/aromatic N) is 3. The van der Waals surface area contributed by atoms with E-state index in [0.717, 1.165) is 28.7 Å². The zero-order chi connectivity index (χ0) is 25.8. The van der Waals surface area contributed by atoms with Crippen LogP contribution in [0.4, 0.5) is 4.39 Å². The molecule has 3 aromatic heterocycles. The normalized spacial score (nSPS) is 11.2. The molecule has 5 rings (SSSR count). The molecule has 3 heterocycles. The monoisotopic (exact) mass is 552 g/mol. The van der Waals surface area contributed by atoms with Crippen LogP contribution in [0.2, 0.25) is 0 Å². The minimum absolute atomic E-state index is 0.0526. The van der Waals surface area contributed by atoms with Crippen LogP contribution < -0.4 is 10.9 Å². The number of rotatable bonds is 9. The lowest BCUT2D eigenvalue weighted by molar-refractivity contribution is -0.118. The van der Waals surface area contributed by atoms with Crippen LogP contribution in [-0.2, 0) is 17.8 Å². The molecule has 0 fully saturated rings. The molecule has 1 amide bonds. The predicted molar refractivity (Wildman–Crippen MR) is 146 cm³/mol. The van der Waals surface area contributed by atoms with Crippen molar-refractivity contribution in [1.82, 2.24) is 19.4 Å². The average molecular weight is 553 g/mol. The van der Waals surface area contributed by atoms with Gasteiger partial charge in [-0.3, -0.25) is 18.7 Å². The molecule has 37 heavy (non-hydrogen) atoms. The number of hydrogen-bond acceptors (Lipinski definition) is 7. The highest BCUT2D eigenvalue weighted by Crippen LogP contribution is 2.26. The van der Waals surface area contributed by atoms with Crippen molar-refractivity contribution in [2.45, 2.75) is 18.1 Å². The summed E-state index contributed by atoms with van der Waals surface area (Å²) < 4.78 is 23.0. The molecule has 11 heteroatoms. The maximum Gasteiger partial charge on any atom is 0.278 e. The van der Waals surface area contributed by atoms with Gasteiger partial charge in [0, 0.05) is 6.54 Å². The fourth-order valence-electron chi connectivity index (χ4n) is 3.76. The third kappa shape index (κ3) is 5.74. The molecule has 5 aromatic rings. The zero-order valence-corrected chi connectivity index (χ0v) is 21.9. The number of hydrogen-bond donors (Lipinski definition) is 1. The number of thioether (sulfide) groups is 1. The van der Waals surface area contributed by atoms with Crippen molar-refractivity contribution < 1.29 is 13.6 Å². The Morgan fingerprint density at radius 2 is 1.89 bits per heavy atom. The smallest absolute Gasteiger partial charge is 0.278 e. The molecular weight excluding hydrogens is 532 g/mol. The molecule has 0 aliphatic rings. The van der Waals surface area contributed by atoms with Crippen LogP contribution in [0.1, 0.15) is 11.3 Å². The molecule has 7 nitrogen and oxygen atoms in total. The Bertz CT molecular complexity index is 1640. The van der Waals surface area contributed by atoms with Crippen LogP contribution in [0.25, 0.3) is 16.0 Å². The Balaban J connectivity index is 1.45. The molecule has 0 aliphatic carbocycles. The van der Waals surface area contributed by atoms with Crippen LogP contribution in [0.15, 0.2) is 87.4 Å². The second kappa shape index (κ2) is 11.2. The van der Waals surface area contributed by atoms with Gasteiger partial charge < -0.3 is 9.73 Å². The number of nitrogens with one attached hydrogen (secondary N) is 1. The number of carbonyl (C=O) groups is 1. The molecule has 0 saturated heterocycles. The minimum atomic E-state index is -0.418. The summed E-state index contributed by atoms with van der Waals surface area (Å²) in [7, 11) is 0. The van der Waals surface area contributed by atoms with Crippen LogP contribution in [0.3, 0.4) is 0 Å². The molecule has 1 N–H and O–H groups in total. The van der Waals surface area contributed by atoms with Crippen LogP contribution >= 0.6 is 35.3 Å². The van der Waals surface area contributed by atoms with E-state index >= 15 is 0 Å². The number of amides is 1. The van der Waals surface area contributed by atoms with Crippen molar-refractivity contribution in [3.63, 3.8) is 0 Å². The number of fused-ring (bicyclic) bond motifs is 1. The number of thiazole rings is 1. The van der Waals surface area contributed by atoms with Gasteiger partial charge in [0.25, 0.3) is 5.56 Å². The van der Waals surface area contributed by atoms with Gasteiger partial charge in [-0.05, 0) is 60.6 Å². The van der Waals surface area contributed by atoms with E-state index in [1.54, 1.807) is 16.9 Å². The molecule has 188 valence electrons. The summed E-state index contributed by atoms with van der Waals surface area (Å²) in [4.78, 5) is 31.0. The maximum absolute atomic E-state index is 13.6. The SMILES string of the molecule is O=C(CSc1nc2c(sc(=S)n2Cc2ccco2)c(=O)n1-c1ccc(F)cc1)NCCc1ccccc1. The van der Waals surface area contributed by atoms with Gasteiger partial charge in [0.05, 0.1) is 24.2 Å². The third-order valence-electron chi connectivity index (χ3n) is 5.55. The largest absolute Gasteiger partial charge is 0.467 e. The molecular formula is C26H21FN4O3S3. The van der Waals surface area contributed by atoms with E-state index in [1.165, 1.54) is 28.8 Å². The van der Waals surface area contributed by atoms with Gasteiger partial charge >= 0.3 is 0 Å². The Labute approximate surface area is 224 Å². The molecule has 0 saturated carbocycles. The van der Waals surface area contributed by atoms with Gasteiger partial charge in [-0.15, -0.1) is 0 Å². The van der Waals surface area contributed by atoms with Crippen molar-refractivity contribution in [3.8, 4) is 5.69 Å². The van der Waals surface area contributed by atoms with Crippen LogP contribution in [-0.4, -0.2) is 32.3 Å². The molecule has 0 aliphatic heterocycles. The average Bonchev–Trinajstić information content (AvgIpc) is 3.53. The highest BCUT2D eigenvalue weighted by atomic mass is 32.2. The molecule has 0 bridgehead atoms. The van der Waals surface area contributed by atoms with Crippen LogP contribution in [0.5, 0.6) is 0 Å². The van der Waals surface area contributed by atoms with E-state index in [2.05, 4.69) is 5.32 Å². The lowest BCUT2D eigenvalue weighted by Gasteiger charge is -2.13. The highest BCUT2D eigenvalue weighted by Gasteiger charge is 2.19. The summed E-state index contributed by atoms with van der Waals surface area (Å²) in [6, 6.07) is 19.1. The highest BCUT2D eigenvalue weighted by molar-refractivity contribution is 7.99. The van der Waals surface area contributed by atoms with Gasteiger partial charge in [0.1, 0.15) is 16.3 Å². The van der Waals surface area contributed by atoms with E-state index < -0.39 is 5.82 Å². The summed E-state index contributed by atoms with van der Waals surface area (Å²) in [5, 5.41) is 3.22. The van der Waals surface area contributed by atoms with Gasteiger partial charge in [0.15, 0.2) is 14.8 Å². The quantitative estimate of drug-likeness (QED) is 0.154. The number of aromatic nitrogens is 3. The molecule has 0 radical (unpaired) electrons. The second-order valence-corrected chi connectivity index (χ2v) is 10.7. The summed E-state index contributed by atoms with van der Waals surface area (Å²) in [5.74, 6) is 0.126. The zero-order valence-electron chi connectivity index (χ0n) is 19.4. The van der Waals surface area contributed by atoms with E-state index in [1.807, 2.05) is 36.4 Å². The molecule has 2 aromatic carbocycles. The van der Waals surface area contributed by atoms with E-state index in [-0.39, 0.29) is 17.2 Å². The third-order valence-corrected chi connectivity index (χ3v) is 7.91. The van der Waals surface area contributed by atoms with Crippen molar-refractivity contribution in [2.24, 2.45) is 0 Å². The lowest BCUT2D eigenvalue weighted by atomic mass is 10.1. The summed E-state index contributed by atoms with van der Waals surface area (Å²) in [6.45, 7) is 0.816. The van der Waals surface area contributed by atoms with Gasteiger partial charge in [-0.25, -0.2) is 9.37 Å². The van der Waals surface area contributed by atoms with E-state index in [9.17, 15) is 14.0 Å². The topological polar surface area (TPSA) is 82.1 Å². The first-order valence-corrected chi connectivity index (χ1v) is 13.6. The Kier molecular flexibility index (Phi) is 7.63. The standard InChI is InChI=1S/C26H21FN4O3S3/c27-18-8-10-19(11-9-18)31-24(33)22-23(30(26(35)37-22)15-20-7-4-14-34-20)29-25(31)36-16-21(32)28-13-12-17-5-2-1-3-6-17/h1-11,14H,12-13,15-16H2,(H,28,32). The van der Waals surface area contributed by atoms with E-state index in [4.69, 9.17) is 21.6 Å². The summed E-state index contributed by atoms with van der Waals surface area (Å²) in [6.07, 6.45) is 2.28. The summed E-state index contributed by atoms with van der Waals surface area (Å²) in [5.41, 5.74) is 1.66. The minimum Gasteiger partial charge on any atom is -0.467 e. The fourth-order valence-corrected chi connectivity index (χ4v) is 5.85. The first-order chi connectivity index (χ1) is 18.0. The van der Waals surface area contributed by atoms with Gasteiger partial charge in [-0.2, -0.15) is 0 Å².